The molecule has 0 fully saturated rings. The Labute approximate surface area is 115 Å². The van der Waals surface area contributed by atoms with Gasteiger partial charge in [0.25, 0.3) is 0 Å². The molecule has 2 aromatic rings. The van der Waals surface area contributed by atoms with Crippen LogP contribution in [0, 0.1) is 0 Å². The van der Waals surface area contributed by atoms with Gasteiger partial charge in [0.1, 0.15) is 12.4 Å². The first-order valence-electron chi connectivity index (χ1n) is 6.82. The number of ether oxygens (including phenoxy) is 1. The molecule has 0 saturated carbocycles. The Morgan fingerprint density at radius 2 is 1.53 bits per heavy atom. The van der Waals surface area contributed by atoms with Crippen LogP contribution in [0.3, 0.4) is 0 Å². The average Bonchev–Trinajstić information content (AvgIpc) is 2.47. The quantitative estimate of drug-likeness (QED) is 0.820. The van der Waals surface area contributed by atoms with Crippen LogP contribution < -0.4 is 10.5 Å². The fraction of sp³-hybridized carbons (Fsp3) is 0.294. The van der Waals surface area contributed by atoms with Crippen molar-refractivity contribution in [2.24, 2.45) is 0 Å². The summed E-state index contributed by atoms with van der Waals surface area (Å²) in [6, 6.07) is 14.3. The minimum atomic E-state index is 0.594. The zero-order valence-electron chi connectivity index (χ0n) is 11.6. The van der Waals surface area contributed by atoms with Crippen LogP contribution in [0.15, 0.2) is 42.5 Å². The number of hydrogen-bond donors (Lipinski definition) is 1. The summed E-state index contributed by atoms with van der Waals surface area (Å²) in [5.41, 5.74) is 10.6. The van der Waals surface area contributed by atoms with Gasteiger partial charge in [-0.3, -0.25) is 0 Å². The zero-order chi connectivity index (χ0) is 13.7. The lowest BCUT2D eigenvalue weighted by Gasteiger charge is -2.13. The molecule has 0 aliphatic heterocycles. The third-order valence-corrected chi connectivity index (χ3v) is 3.34. The summed E-state index contributed by atoms with van der Waals surface area (Å²) in [7, 11) is 0. The topological polar surface area (TPSA) is 35.2 Å². The van der Waals surface area contributed by atoms with E-state index >= 15 is 0 Å². The predicted molar refractivity (Wildman–Crippen MR) is 80.4 cm³/mol. The molecule has 0 amide bonds. The predicted octanol–water partition coefficient (Wildman–Crippen LogP) is 3.97. The van der Waals surface area contributed by atoms with Crippen molar-refractivity contribution in [3.8, 4) is 5.75 Å². The highest BCUT2D eigenvalue weighted by atomic mass is 16.5. The van der Waals surface area contributed by atoms with E-state index in [1.807, 2.05) is 18.2 Å². The van der Waals surface area contributed by atoms with Gasteiger partial charge in [-0.2, -0.15) is 0 Å². The molecule has 0 saturated heterocycles. The highest BCUT2D eigenvalue weighted by molar-refractivity contribution is 5.57. The molecule has 0 unspecified atom stereocenters. The van der Waals surface area contributed by atoms with Gasteiger partial charge >= 0.3 is 0 Å². The molecule has 0 spiro atoms. The smallest absolute Gasteiger partial charge is 0.120 e. The summed E-state index contributed by atoms with van der Waals surface area (Å²) >= 11 is 0. The number of nitrogen functional groups attached to an aromatic ring is 1. The molecule has 0 aliphatic carbocycles. The fourth-order valence-electron chi connectivity index (χ4n) is 2.16. The lowest BCUT2D eigenvalue weighted by molar-refractivity contribution is 0.305. The molecule has 0 heterocycles. The highest BCUT2D eigenvalue weighted by Crippen LogP contribution is 2.26. The Morgan fingerprint density at radius 1 is 0.947 bits per heavy atom. The summed E-state index contributed by atoms with van der Waals surface area (Å²) < 4.78 is 5.88. The lowest BCUT2D eigenvalue weighted by atomic mass is 10.0. The molecule has 0 aromatic heterocycles. The van der Waals surface area contributed by atoms with Crippen LogP contribution in [0.4, 0.5) is 5.69 Å². The Bertz CT molecular complexity index is 509. The van der Waals surface area contributed by atoms with Crippen LogP contribution in [0.1, 0.15) is 30.5 Å². The van der Waals surface area contributed by atoms with Gasteiger partial charge < -0.3 is 10.5 Å². The van der Waals surface area contributed by atoms with E-state index in [0.29, 0.717) is 6.61 Å². The minimum Gasteiger partial charge on any atom is -0.489 e. The van der Waals surface area contributed by atoms with Gasteiger partial charge in [-0.25, -0.2) is 0 Å². The van der Waals surface area contributed by atoms with E-state index in [9.17, 15) is 0 Å². The maximum Gasteiger partial charge on any atom is 0.120 e. The average molecular weight is 255 g/mol. The Morgan fingerprint density at radius 3 is 2.05 bits per heavy atom. The van der Waals surface area contributed by atoms with Gasteiger partial charge in [-0.05, 0) is 41.7 Å². The SMILES string of the molecule is CCc1cc(OCc2ccccc2)cc(CC)c1N. The maximum atomic E-state index is 6.12. The number of anilines is 1. The molecular weight excluding hydrogens is 234 g/mol. The monoisotopic (exact) mass is 255 g/mol. The molecular formula is C17H21NO. The Balaban J connectivity index is 2.16. The number of rotatable bonds is 5. The third kappa shape index (κ3) is 3.28. The summed E-state index contributed by atoms with van der Waals surface area (Å²) in [5, 5.41) is 0. The Kier molecular flexibility index (Phi) is 4.45. The van der Waals surface area contributed by atoms with Crippen LogP contribution in [0.5, 0.6) is 5.75 Å². The first kappa shape index (κ1) is 13.5. The maximum absolute atomic E-state index is 6.12. The lowest BCUT2D eigenvalue weighted by Crippen LogP contribution is -2.02. The summed E-state index contributed by atoms with van der Waals surface area (Å²) in [5.74, 6) is 0.909. The van der Waals surface area contributed by atoms with Crippen molar-refractivity contribution in [2.75, 3.05) is 5.73 Å². The van der Waals surface area contributed by atoms with Crippen molar-refractivity contribution in [3.05, 3.63) is 59.2 Å². The largest absolute Gasteiger partial charge is 0.489 e. The van der Waals surface area contributed by atoms with Crippen molar-refractivity contribution >= 4 is 5.69 Å². The van der Waals surface area contributed by atoms with Crippen molar-refractivity contribution in [3.63, 3.8) is 0 Å². The normalized spacial score (nSPS) is 10.4. The summed E-state index contributed by atoms with van der Waals surface area (Å²) in [4.78, 5) is 0. The van der Waals surface area contributed by atoms with E-state index < -0.39 is 0 Å². The second kappa shape index (κ2) is 6.28. The number of aryl methyl sites for hydroxylation is 2. The second-order valence-corrected chi connectivity index (χ2v) is 4.64. The molecule has 0 bridgehead atoms. The summed E-state index contributed by atoms with van der Waals surface area (Å²) in [6.45, 7) is 4.83. The number of benzene rings is 2. The van der Waals surface area contributed by atoms with Crippen LogP contribution >= 0.6 is 0 Å². The van der Waals surface area contributed by atoms with E-state index in [1.165, 1.54) is 16.7 Å². The standard InChI is InChI=1S/C17H21NO/c1-3-14-10-16(11-15(4-2)17(14)18)19-12-13-8-6-5-7-9-13/h5-11H,3-4,12,18H2,1-2H3. The molecule has 2 nitrogen and oxygen atoms in total. The molecule has 2 N–H and O–H groups in total. The molecule has 2 heteroatoms. The van der Waals surface area contributed by atoms with Crippen molar-refractivity contribution in [1.29, 1.82) is 0 Å². The fourth-order valence-corrected chi connectivity index (χ4v) is 2.16. The van der Waals surface area contributed by atoms with Gasteiger partial charge in [-0.1, -0.05) is 44.2 Å². The second-order valence-electron chi connectivity index (χ2n) is 4.64. The van der Waals surface area contributed by atoms with Gasteiger partial charge in [0.2, 0.25) is 0 Å². The first-order chi connectivity index (χ1) is 9.24. The number of hydrogen-bond acceptors (Lipinski definition) is 2. The van der Waals surface area contributed by atoms with Gasteiger partial charge in [0.05, 0.1) is 0 Å². The molecule has 100 valence electrons. The summed E-state index contributed by atoms with van der Waals surface area (Å²) in [6.07, 6.45) is 1.86. The molecule has 2 aromatic carbocycles. The van der Waals surface area contributed by atoms with Crippen LogP contribution in [0.2, 0.25) is 0 Å². The van der Waals surface area contributed by atoms with Gasteiger partial charge in [0, 0.05) is 5.69 Å². The number of nitrogens with two attached hydrogens (primary N) is 1. The van der Waals surface area contributed by atoms with Crippen LogP contribution in [-0.2, 0) is 19.4 Å². The Hall–Kier alpha value is -1.96. The minimum absolute atomic E-state index is 0.594. The van der Waals surface area contributed by atoms with E-state index in [1.54, 1.807) is 0 Å². The molecule has 0 atom stereocenters. The van der Waals surface area contributed by atoms with Crippen LogP contribution in [-0.4, -0.2) is 0 Å². The zero-order valence-corrected chi connectivity index (χ0v) is 11.6. The van der Waals surface area contributed by atoms with Crippen molar-refractivity contribution in [1.82, 2.24) is 0 Å². The van der Waals surface area contributed by atoms with Gasteiger partial charge in [0.15, 0.2) is 0 Å². The van der Waals surface area contributed by atoms with Crippen molar-refractivity contribution < 1.29 is 4.74 Å². The molecule has 0 radical (unpaired) electrons. The highest BCUT2D eigenvalue weighted by Gasteiger charge is 2.06. The van der Waals surface area contributed by atoms with E-state index in [0.717, 1.165) is 24.3 Å². The van der Waals surface area contributed by atoms with E-state index in [2.05, 4.69) is 38.1 Å². The molecule has 2 rings (SSSR count). The molecule has 19 heavy (non-hydrogen) atoms. The van der Waals surface area contributed by atoms with Crippen molar-refractivity contribution in [2.45, 2.75) is 33.3 Å². The van der Waals surface area contributed by atoms with E-state index in [-0.39, 0.29) is 0 Å². The first-order valence-corrected chi connectivity index (χ1v) is 6.82. The molecule has 0 aliphatic rings. The van der Waals surface area contributed by atoms with Gasteiger partial charge in [-0.15, -0.1) is 0 Å². The van der Waals surface area contributed by atoms with Crippen LogP contribution in [0.25, 0.3) is 0 Å². The third-order valence-electron chi connectivity index (χ3n) is 3.34. The van der Waals surface area contributed by atoms with E-state index in [4.69, 9.17) is 10.5 Å².